The van der Waals surface area contributed by atoms with Gasteiger partial charge in [0.1, 0.15) is 0 Å². The van der Waals surface area contributed by atoms with E-state index in [-0.39, 0.29) is 5.69 Å². The Balaban J connectivity index is 2.96. The van der Waals surface area contributed by atoms with Crippen molar-refractivity contribution in [1.82, 2.24) is 9.97 Å². The second-order valence-corrected chi connectivity index (χ2v) is 3.52. The maximum atomic E-state index is 10.8. The van der Waals surface area contributed by atoms with E-state index in [9.17, 15) is 4.79 Å². The molecule has 1 aromatic rings. The number of rotatable bonds is 5. The van der Waals surface area contributed by atoms with Gasteiger partial charge < -0.3 is 10.0 Å². The Morgan fingerprint density at radius 3 is 2.81 bits per heavy atom. The fraction of sp³-hybridized carbons (Fsp3) is 0.364. The van der Waals surface area contributed by atoms with Gasteiger partial charge >= 0.3 is 5.97 Å². The Hall–Kier alpha value is -1.91. The van der Waals surface area contributed by atoms with Crippen LogP contribution in [0.15, 0.2) is 24.4 Å². The van der Waals surface area contributed by atoms with Gasteiger partial charge in [-0.1, -0.05) is 12.2 Å². The maximum Gasteiger partial charge on any atom is 0.354 e. The summed E-state index contributed by atoms with van der Waals surface area (Å²) in [6.07, 6.45) is 1.45. The zero-order valence-corrected chi connectivity index (χ0v) is 9.47. The van der Waals surface area contributed by atoms with Crippen LogP contribution in [0.5, 0.6) is 0 Å². The van der Waals surface area contributed by atoms with Gasteiger partial charge in [-0.05, 0) is 19.9 Å². The van der Waals surface area contributed by atoms with Crippen molar-refractivity contribution in [3.8, 4) is 0 Å². The lowest BCUT2D eigenvalue weighted by molar-refractivity contribution is 0.0690. The van der Waals surface area contributed by atoms with Gasteiger partial charge in [-0.3, -0.25) is 0 Å². The lowest BCUT2D eigenvalue weighted by Gasteiger charge is -2.20. The smallest absolute Gasteiger partial charge is 0.354 e. The van der Waals surface area contributed by atoms with Crippen molar-refractivity contribution >= 4 is 11.9 Å². The number of hydrogen-bond donors (Lipinski definition) is 1. The number of carbonyl (C=O) groups is 1. The maximum absolute atomic E-state index is 10.8. The molecule has 1 rings (SSSR count). The first kappa shape index (κ1) is 12.2. The van der Waals surface area contributed by atoms with Crippen LogP contribution in [-0.4, -0.2) is 34.1 Å². The van der Waals surface area contributed by atoms with Crippen LogP contribution in [0.1, 0.15) is 24.3 Å². The first-order chi connectivity index (χ1) is 7.54. The summed E-state index contributed by atoms with van der Waals surface area (Å²) in [4.78, 5) is 20.7. The molecule has 0 aliphatic heterocycles. The molecular formula is C11H15N3O2. The van der Waals surface area contributed by atoms with Gasteiger partial charge in [0, 0.05) is 19.3 Å². The quantitative estimate of drug-likeness (QED) is 0.764. The molecule has 0 saturated carbocycles. The third-order valence-corrected chi connectivity index (χ3v) is 1.99. The zero-order valence-electron chi connectivity index (χ0n) is 9.47. The van der Waals surface area contributed by atoms with Gasteiger partial charge in [0.05, 0.1) is 0 Å². The zero-order chi connectivity index (χ0) is 12.1. The Morgan fingerprint density at radius 2 is 2.31 bits per heavy atom. The Morgan fingerprint density at radius 1 is 1.62 bits per heavy atom. The SMILES string of the molecule is C=C(C)CN(CC)c1nccc(C(=O)O)n1. The Labute approximate surface area is 94.5 Å². The molecular weight excluding hydrogens is 206 g/mol. The molecule has 0 unspecified atom stereocenters. The van der Waals surface area contributed by atoms with Gasteiger partial charge in [-0.15, -0.1) is 0 Å². The number of aromatic carboxylic acids is 1. The fourth-order valence-electron chi connectivity index (χ4n) is 1.27. The number of anilines is 1. The van der Waals surface area contributed by atoms with Gasteiger partial charge in [-0.2, -0.15) is 0 Å². The molecule has 0 spiro atoms. The van der Waals surface area contributed by atoms with E-state index in [2.05, 4.69) is 16.5 Å². The topological polar surface area (TPSA) is 66.3 Å². The molecule has 1 aromatic heterocycles. The van der Waals surface area contributed by atoms with Crippen molar-refractivity contribution in [2.24, 2.45) is 0 Å². The van der Waals surface area contributed by atoms with E-state index >= 15 is 0 Å². The van der Waals surface area contributed by atoms with E-state index in [1.807, 2.05) is 18.7 Å². The Kier molecular flexibility index (Phi) is 3.99. The van der Waals surface area contributed by atoms with E-state index in [1.54, 1.807) is 0 Å². The molecule has 5 heteroatoms. The van der Waals surface area contributed by atoms with Crippen LogP contribution >= 0.6 is 0 Å². The predicted molar refractivity (Wildman–Crippen MR) is 61.7 cm³/mol. The van der Waals surface area contributed by atoms with Gasteiger partial charge in [-0.25, -0.2) is 14.8 Å². The summed E-state index contributed by atoms with van der Waals surface area (Å²) in [5.41, 5.74) is 0.983. The highest BCUT2D eigenvalue weighted by Gasteiger charge is 2.11. The van der Waals surface area contributed by atoms with Crippen molar-refractivity contribution in [1.29, 1.82) is 0 Å². The van der Waals surface area contributed by atoms with Crippen LogP contribution in [0.4, 0.5) is 5.95 Å². The van der Waals surface area contributed by atoms with Crippen LogP contribution in [0.25, 0.3) is 0 Å². The molecule has 1 N–H and O–H groups in total. The number of carboxylic acid groups (broad SMARTS) is 1. The highest BCUT2D eigenvalue weighted by atomic mass is 16.4. The number of carboxylic acids is 1. The van der Waals surface area contributed by atoms with Crippen molar-refractivity contribution in [2.45, 2.75) is 13.8 Å². The van der Waals surface area contributed by atoms with Crippen LogP contribution < -0.4 is 4.90 Å². The molecule has 86 valence electrons. The number of likely N-dealkylation sites (N-methyl/N-ethyl adjacent to an activating group) is 1. The summed E-state index contributed by atoms with van der Waals surface area (Å²) in [5.74, 6) is -0.625. The van der Waals surface area contributed by atoms with Gasteiger partial charge in [0.15, 0.2) is 5.69 Å². The van der Waals surface area contributed by atoms with Crippen LogP contribution in [0.2, 0.25) is 0 Å². The summed E-state index contributed by atoms with van der Waals surface area (Å²) in [5, 5.41) is 8.82. The van der Waals surface area contributed by atoms with Crippen molar-refractivity contribution in [2.75, 3.05) is 18.0 Å². The van der Waals surface area contributed by atoms with Gasteiger partial charge in [0.25, 0.3) is 0 Å². The van der Waals surface area contributed by atoms with E-state index in [4.69, 9.17) is 5.11 Å². The molecule has 0 aliphatic carbocycles. The number of hydrogen-bond acceptors (Lipinski definition) is 4. The summed E-state index contributed by atoms with van der Waals surface area (Å²) in [6.45, 7) is 9.01. The molecule has 16 heavy (non-hydrogen) atoms. The highest BCUT2D eigenvalue weighted by molar-refractivity contribution is 5.85. The second-order valence-electron chi connectivity index (χ2n) is 3.52. The minimum absolute atomic E-state index is 0.00478. The standard InChI is InChI=1S/C11H15N3O2/c1-4-14(7-8(2)3)11-12-6-5-9(13-11)10(15)16/h5-6H,2,4,7H2,1,3H3,(H,15,16). The van der Waals surface area contributed by atoms with E-state index in [1.165, 1.54) is 12.3 Å². The van der Waals surface area contributed by atoms with E-state index in [0.29, 0.717) is 19.0 Å². The van der Waals surface area contributed by atoms with Crippen molar-refractivity contribution in [3.05, 3.63) is 30.1 Å². The van der Waals surface area contributed by atoms with Crippen LogP contribution in [-0.2, 0) is 0 Å². The lowest BCUT2D eigenvalue weighted by Crippen LogP contribution is -2.27. The summed E-state index contributed by atoms with van der Waals surface area (Å²) < 4.78 is 0. The molecule has 0 atom stereocenters. The number of nitrogens with zero attached hydrogens (tertiary/aromatic N) is 3. The summed E-state index contributed by atoms with van der Waals surface area (Å²) in [6, 6.07) is 1.38. The molecule has 0 bridgehead atoms. The molecule has 0 aromatic carbocycles. The summed E-state index contributed by atoms with van der Waals surface area (Å²) >= 11 is 0. The molecule has 0 saturated heterocycles. The van der Waals surface area contributed by atoms with Crippen molar-refractivity contribution < 1.29 is 9.90 Å². The third kappa shape index (κ3) is 3.05. The van der Waals surface area contributed by atoms with Crippen LogP contribution in [0.3, 0.4) is 0 Å². The molecule has 5 nitrogen and oxygen atoms in total. The third-order valence-electron chi connectivity index (χ3n) is 1.99. The molecule has 1 heterocycles. The predicted octanol–water partition coefficient (Wildman–Crippen LogP) is 1.58. The normalized spacial score (nSPS) is 9.88. The highest BCUT2D eigenvalue weighted by Crippen LogP contribution is 2.09. The van der Waals surface area contributed by atoms with E-state index in [0.717, 1.165) is 5.57 Å². The van der Waals surface area contributed by atoms with Crippen molar-refractivity contribution in [3.63, 3.8) is 0 Å². The largest absolute Gasteiger partial charge is 0.477 e. The fourth-order valence-corrected chi connectivity index (χ4v) is 1.27. The summed E-state index contributed by atoms with van der Waals surface area (Å²) in [7, 11) is 0. The lowest BCUT2D eigenvalue weighted by atomic mass is 10.3. The average molecular weight is 221 g/mol. The van der Waals surface area contributed by atoms with Crippen LogP contribution in [0, 0.1) is 0 Å². The first-order valence-electron chi connectivity index (χ1n) is 5.00. The monoisotopic (exact) mass is 221 g/mol. The number of aromatic nitrogens is 2. The first-order valence-corrected chi connectivity index (χ1v) is 5.00. The van der Waals surface area contributed by atoms with Gasteiger partial charge in [0.2, 0.25) is 5.95 Å². The molecule has 0 fully saturated rings. The minimum atomic E-state index is -1.05. The Bertz CT molecular complexity index is 404. The second kappa shape index (κ2) is 5.25. The molecule has 0 radical (unpaired) electrons. The molecule has 0 aliphatic rings. The van der Waals surface area contributed by atoms with E-state index < -0.39 is 5.97 Å². The average Bonchev–Trinajstić information content (AvgIpc) is 2.25. The minimum Gasteiger partial charge on any atom is -0.477 e. The molecule has 0 amide bonds.